The molecule has 0 saturated heterocycles. The predicted octanol–water partition coefficient (Wildman–Crippen LogP) is 5.31. The van der Waals surface area contributed by atoms with Crippen molar-refractivity contribution in [2.24, 2.45) is 0 Å². The van der Waals surface area contributed by atoms with Crippen LogP contribution in [-0.2, 0) is 4.79 Å². The number of benzene rings is 2. The summed E-state index contributed by atoms with van der Waals surface area (Å²) in [4.78, 5) is 15.2. The van der Waals surface area contributed by atoms with Gasteiger partial charge >= 0.3 is 12.1 Å². The van der Waals surface area contributed by atoms with Crippen molar-refractivity contribution >= 4 is 45.9 Å². The number of hydrogen-bond acceptors (Lipinski definition) is 4. The van der Waals surface area contributed by atoms with Crippen molar-refractivity contribution in [2.75, 3.05) is 12.4 Å². The zero-order valence-electron chi connectivity index (χ0n) is 12.9. The molecule has 0 aliphatic rings. The van der Waals surface area contributed by atoms with Crippen LogP contribution >= 0.6 is 23.2 Å². The highest BCUT2D eigenvalue weighted by Gasteiger charge is 2.38. The highest BCUT2D eigenvalue weighted by atomic mass is 35.5. The van der Waals surface area contributed by atoms with E-state index in [1.54, 1.807) is 5.32 Å². The Morgan fingerprint density at radius 3 is 2.42 bits per heavy atom. The lowest BCUT2D eigenvalue weighted by Crippen LogP contribution is -2.29. The molecule has 3 rings (SSSR count). The van der Waals surface area contributed by atoms with Gasteiger partial charge in [-0.1, -0.05) is 23.2 Å². The van der Waals surface area contributed by atoms with E-state index < -0.39 is 12.1 Å². The molecule has 0 spiro atoms. The standard InChI is InChI=1S/C16H9Cl2F3N2O3/c1-25-13-9(17)4-7(5-10(13)18)14-23-11-6-8(2-3-12(11)26-14)22-15(24)16(19,20)21/h2-6H,1H3,(H,22,24). The number of carbonyl (C=O) groups excluding carboxylic acids is 1. The normalized spacial score (nSPS) is 11.6. The van der Waals surface area contributed by atoms with Crippen molar-refractivity contribution in [3.05, 3.63) is 40.4 Å². The molecule has 0 fully saturated rings. The number of amides is 1. The van der Waals surface area contributed by atoms with E-state index in [1.807, 2.05) is 0 Å². The average Bonchev–Trinajstić information content (AvgIpc) is 2.97. The summed E-state index contributed by atoms with van der Waals surface area (Å²) in [7, 11) is 1.42. The van der Waals surface area contributed by atoms with E-state index in [0.717, 1.165) is 0 Å². The molecule has 0 bridgehead atoms. The molecule has 3 aromatic rings. The molecule has 0 aliphatic heterocycles. The summed E-state index contributed by atoms with van der Waals surface area (Å²) < 4.78 is 47.6. The van der Waals surface area contributed by atoms with Crippen molar-refractivity contribution in [3.8, 4) is 17.2 Å². The monoisotopic (exact) mass is 404 g/mol. The van der Waals surface area contributed by atoms with Gasteiger partial charge in [-0.2, -0.15) is 13.2 Å². The number of hydrogen-bond donors (Lipinski definition) is 1. The van der Waals surface area contributed by atoms with Gasteiger partial charge in [-0.05, 0) is 30.3 Å². The van der Waals surface area contributed by atoms with Crippen LogP contribution in [0.15, 0.2) is 34.7 Å². The topological polar surface area (TPSA) is 64.4 Å². The van der Waals surface area contributed by atoms with Gasteiger partial charge in [0.2, 0.25) is 5.89 Å². The van der Waals surface area contributed by atoms with E-state index in [9.17, 15) is 18.0 Å². The number of anilines is 1. The first-order chi connectivity index (χ1) is 12.2. The summed E-state index contributed by atoms with van der Waals surface area (Å²) in [6.07, 6.45) is -4.99. The Morgan fingerprint density at radius 1 is 1.19 bits per heavy atom. The average molecular weight is 405 g/mol. The molecular weight excluding hydrogens is 396 g/mol. The molecule has 5 nitrogen and oxygen atoms in total. The molecule has 0 aliphatic carbocycles. The van der Waals surface area contributed by atoms with Crippen molar-refractivity contribution < 1.29 is 27.1 Å². The SMILES string of the molecule is COc1c(Cl)cc(-c2nc3cc(NC(=O)C(F)(F)F)ccc3o2)cc1Cl. The van der Waals surface area contributed by atoms with Crippen LogP contribution in [0.3, 0.4) is 0 Å². The number of carbonyl (C=O) groups is 1. The third-order valence-corrected chi connectivity index (χ3v) is 3.91. The number of fused-ring (bicyclic) bond motifs is 1. The maximum atomic E-state index is 12.3. The fourth-order valence-corrected chi connectivity index (χ4v) is 2.85. The number of methoxy groups -OCH3 is 1. The predicted molar refractivity (Wildman–Crippen MR) is 90.7 cm³/mol. The van der Waals surface area contributed by atoms with Crippen molar-refractivity contribution in [2.45, 2.75) is 6.18 Å². The molecule has 0 radical (unpaired) electrons. The zero-order chi connectivity index (χ0) is 19.1. The minimum Gasteiger partial charge on any atom is -0.494 e. The van der Waals surface area contributed by atoms with E-state index in [4.69, 9.17) is 32.4 Å². The Labute approximate surface area is 154 Å². The second-order valence-corrected chi connectivity index (χ2v) is 5.94. The molecule has 1 amide bonds. The number of oxazole rings is 1. The summed E-state index contributed by atoms with van der Waals surface area (Å²) in [5, 5.41) is 2.24. The number of aromatic nitrogens is 1. The summed E-state index contributed by atoms with van der Waals surface area (Å²) >= 11 is 12.2. The Morgan fingerprint density at radius 2 is 1.85 bits per heavy atom. The molecule has 10 heteroatoms. The summed E-state index contributed by atoms with van der Waals surface area (Å²) in [6, 6.07) is 6.99. The minimum atomic E-state index is -4.99. The van der Waals surface area contributed by atoms with Crippen LogP contribution in [0.5, 0.6) is 5.75 Å². The van der Waals surface area contributed by atoms with Gasteiger partial charge in [0.1, 0.15) is 5.52 Å². The fraction of sp³-hybridized carbons (Fsp3) is 0.125. The van der Waals surface area contributed by atoms with Gasteiger partial charge in [-0.3, -0.25) is 4.79 Å². The molecule has 26 heavy (non-hydrogen) atoms. The molecule has 0 unspecified atom stereocenters. The smallest absolute Gasteiger partial charge is 0.471 e. The summed E-state index contributed by atoms with van der Waals surface area (Å²) in [6.45, 7) is 0. The maximum absolute atomic E-state index is 12.3. The van der Waals surface area contributed by atoms with Gasteiger partial charge < -0.3 is 14.5 Å². The first-order valence-corrected chi connectivity index (χ1v) is 7.77. The van der Waals surface area contributed by atoms with Crippen LogP contribution < -0.4 is 10.1 Å². The van der Waals surface area contributed by atoms with Crippen LogP contribution in [0.1, 0.15) is 0 Å². The largest absolute Gasteiger partial charge is 0.494 e. The number of ether oxygens (including phenoxy) is 1. The first-order valence-electron chi connectivity index (χ1n) is 7.01. The van der Waals surface area contributed by atoms with Crippen LogP contribution in [0.2, 0.25) is 10.0 Å². The van der Waals surface area contributed by atoms with Crippen molar-refractivity contribution in [1.29, 1.82) is 0 Å². The summed E-state index contributed by atoms with van der Waals surface area (Å²) in [5.74, 6) is -1.62. The van der Waals surface area contributed by atoms with Gasteiger partial charge in [0, 0.05) is 11.3 Å². The van der Waals surface area contributed by atoms with Crippen molar-refractivity contribution in [3.63, 3.8) is 0 Å². The minimum absolute atomic E-state index is 0.0644. The Balaban J connectivity index is 1.96. The lowest BCUT2D eigenvalue weighted by Gasteiger charge is -2.07. The number of nitrogens with one attached hydrogen (secondary N) is 1. The fourth-order valence-electron chi connectivity index (χ4n) is 2.21. The highest BCUT2D eigenvalue weighted by Crippen LogP contribution is 2.38. The van der Waals surface area contributed by atoms with Gasteiger partial charge in [-0.15, -0.1) is 0 Å². The third kappa shape index (κ3) is 3.56. The Kier molecular flexibility index (Phi) is 4.72. The first kappa shape index (κ1) is 18.3. The molecule has 1 heterocycles. The number of halogens is 5. The van der Waals surface area contributed by atoms with Crippen LogP contribution in [0.25, 0.3) is 22.6 Å². The molecule has 2 aromatic carbocycles. The van der Waals surface area contributed by atoms with E-state index >= 15 is 0 Å². The Hall–Kier alpha value is -2.45. The lowest BCUT2D eigenvalue weighted by atomic mass is 10.2. The lowest BCUT2D eigenvalue weighted by molar-refractivity contribution is -0.167. The van der Waals surface area contributed by atoms with Gasteiger partial charge in [0.15, 0.2) is 11.3 Å². The maximum Gasteiger partial charge on any atom is 0.471 e. The van der Waals surface area contributed by atoms with Crippen molar-refractivity contribution in [1.82, 2.24) is 4.98 Å². The molecule has 136 valence electrons. The van der Waals surface area contributed by atoms with Crippen LogP contribution in [-0.4, -0.2) is 24.2 Å². The molecule has 0 atom stereocenters. The quantitative estimate of drug-likeness (QED) is 0.642. The second kappa shape index (κ2) is 6.69. The Bertz CT molecular complexity index is 979. The molecule has 1 N–H and O–H groups in total. The molecular formula is C16H9Cl2F3N2O3. The van der Waals surface area contributed by atoms with E-state index in [-0.39, 0.29) is 27.1 Å². The highest BCUT2D eigenvalue weighted by molar-refractivity contribution is 6.37. The van der Waals surface area contributed by atoms with Gasteiger partial charge in [0.25, 0.3) is 0 Å². The van der Waals surface area contributed by atoms with Crippen LogP contribution in [0.4, 0.5) is 18.9 Å². The van der Waals surface area contributed by atoms with Gasteiger partial charge in [0.05, 0.1) is 17.2 Å². The van der Waals surface area contributed by atoms with E-state index in [2.05, 4.69) is 4.98 Å². The van der Waals surface area contributed by atoms with Gasteiger partial charge in [-0.25, -0.2) is 4.98 Å². The van der Waals surface area contributed by atoms with Crippen LogP contribution in [0, 0.1) is 0 Å². The summed E-state index contributed by atoms with van der Waals surface area (Å²) in [5.41, 5.74) is 0.958. The van der Waals surface area contributed by atoms with E-state index in [1.165, 1.54) is 37.4 Å². The molecule has 0 saturated carbocycles. The number of rotatable bonds is 3. The van der Waals surface area contributed by atoms with E-state index in [0.29, 0.717) is 16.9 Å². The molecule has 1 aromatic heterocycles. The zero-order valence-corrected chi connectivity index (χ0v) is 14.5. The number of alkyl halides is 3. The second-order valence-electron chi connectivity index (χ2n) is 5.13. The third-order valence-electron chi connectivity index (χ3n) is 3.35. The number of nitrogens with zero attached hydrogens (tertiary/aromatic N) is 1.